The molecule has 8 nitrogen and oxygen atoms in total. The summed E-state index contributed by atoms with van der Waals surface area (Å²) in [6, 6.07) is 0. The van der Waals surface area contributed by atoms with Crippen molar-refractivity contribution in [2.45, 2.75) is 0 Å². The smallest absolute Gasteiger partial charge is 0.357 e. The number of hydrogen-bond acceptors (Lipinski definition) is 6. The predicted molar refractivity (Wildman–Crippen MR) is 153 cm³/mol. The topological polar surface area (TPSA) is 106 Å². The summed E-state index contributed by atoms with van der Waals surface area (Å²) in [6.45, 7) is 0. The molecule has 0 saturated heterocycles. The number of fused-ring (bicyclic) bond motifs is 20. The van der Waals surface area contributed by atoms with E-state index in [4.69, 9.17) is 0 Å². The van der Waals surface area contributed by atoms with Crippen LogP contribution in [-0.4, -0.2) is 29.9 Å². The molecule has 0 saturated carbocycles. The van der Waals surface area contributed by atoms with Gasteiger partial charge in [-0.25, -0.2) is 80.2 Å². The third-order valence-corrected chi connectivity index (χ3v) is 8.55. The molecule has 0 N–H and O–H groups in total. The van der Waals surface area contributed by atoms with Gasteiger partial charge in [0, 0.05) is 44.1 Å². The Hall–Kier alpha value is -6.19. The molecule has 0 atom stereocenters. The Labute approximate surface area is 313 Å². The van der Waals surface area contributed by atoms with Crippen molar-refractivity contribution in [2.24, 2.45) is 0 Å². The van der Waals surface area contributed by atoms with E-state index in [-0.39, 0.29) is 21.1 Å². The number of hydrogen-bond donors (Lipinski definition) is 0. The summed E-state index contributed by atoms with van der Waals surface area (Å²) >= 11 is 0. The summed E-state index contributed by atoms with van der Waals surface area (Å²) in [4.78, 5) is 28.3. The largest absolute Gasteiger partial charge is 2.00 e. The third kappa shape index (κ3) is 4.81. The Bertz CT molecular complexity index is 2820. The van der Waals surface area contributed by atoms with E-state index in [1.54, 1.807) is 0 Å². The Balaban J connectivity index is 0.00000455. The fraction of sp³-hybridized carbons (Fsp3) is 0. The van der Waals surface area contributed by atoms with E-state index in [2.05, 4.69) is 39.9 Å². The first-order valence-corrected chi connectivity index (χ1v) is 14.6. The van der Waals surface area contributed by atoms with Crippen LogP contribution in [0.3, 0.4) is 0 Å². The zero-order valence-electron chi connectivity index (χ0n) is 25.9. The van der Waals surface area contributed by atoms with E-state index in [1.165, 1.54) is 0 Å². The average molecular weight is 995 g/mol. The van der Waals surface area contributed by atoms with Crippen molar-refractivity contribution in [3.63, 3.8) is 0 Å². The van der Waals surface area contributed by atoms with Crippen LogP contribution in [-0.2, 0) is 21.1 Å². The zero-order valence-corrected chi connectivity index (χ0v) is 28.2. The second-order valence-corrected chi connectivity index (χ2v) is 11.5. The van der Waals surface area contributed by atoms with Crippen molar-refractivity contribution in [1.29, 1.82) is 0 Å². The van der Waals surface area contributed by atoms with Gasteiger partial charge in [0.2, 0.25) is 0 Å². The van der Waals surface area contributed by atoms with Gasteiger partial charge >= 0.3 is 21.1 Å². The van der Waals surface area contributed by atoms with E-state index in [9.17, 15) is 35.1 Å². The maximum atomic E-state index is 15.4. The molecule has 0 unspecified atom stereocenters. The van der Waals surface area contributed by atoms with E-state index in [0.29, 0.717) is 0 Å². The van der Waals surface area contributed by atoms with Gasteiger partial charge in [-0.15, -0.1) is 0 Å². The van der Waals surface area contributed by atoms with Crippen LogP contribution in [0.1, 0.15) is 0 Å². The molecule has 0 aliphatic carbocycles. The fourth-order valence-electron chi connectivity index (χ4n) is 6.10. The van der Waals surface area contributed by atoms with Crippen molar-refractivity contribution in [3.05, 3.63) is 93.1 Å². The van der Waals surface area contributed by atoms with E-state index >= 15 is 35.1 Å². The van der Waals surface area contributed by atoms with Gasteiger partial charge in [0.1, 0.15) is 0 Å². The van der Waals surface area contributed by atoms with Gasteiger partial charge in [0.25, 0.3) is 0 Å². The Morgan fingerprint density at radius 2 is 0.404 bits per heavy atom. The Morgan fingerprint density at radius 1 is 0.228 bits per heavy atom. The Morgan fingerprint density at radius 3 is 0.596 bits per heavy atom. The van der Waals surface area contributed by atoms with Gasteiger partial charge in [0.15, 0.2) is 93.1 Å². The number of nitrogens with zero attached hydrogens (tertiary/aromatic N) is 8. The van der Waals surface area contributed by atoms with Crippen molar-refractivity contribution in [2.75, 3.05) is 0 Å². The van der Waals surface area contributed by atoms with Crippen LogP contribution in [0, 0.1) is 93.1 Å². The van der Waals surface area contributed by atoms with Crippen LogP contribution in [0.25, 0.3) is 89.7 Å². The van der Waals surface area contributed by atoms with Crippen LogP contribution in [0.2, 0.25) is 0 Å². The quantitative estimate of drug-likeness (QED) is 0.0849. The third-order valence-electron chi connectivity index (χ3n) is 8.55. The number of halogens is 16. The Kier molecular flexibility index (Phi) is 8.21. The summed E-state index contributed by atoms with van der Waals surface area (Å²) in [7, 11) is 0. The van der Waals surface area contributed by atoms with Crippen LogP contribution < -0.4 is 9.97 Å². The molecule has 0 fully saturated rings. The molecule has 0 radical (unpaired) electrons. The minimum atomic E-state index is -2.55. The molecule has 5 heterocycles. The van der Waals surface area contributed by atoms with Gasteiger partial charge in [-0.1, -0.05) is 0 Å². The van der Waals surface area contributed by atoms with Crippen molar-refractivity contribution in [3.8, 4) is 45.6 Å². The minimum absolute atomic E-state index is 0. The second kappa shape index (κ2) is 12.4. The molecule has 290 valence electrons. The molecule has 2 aliphatic heterocycles. The molecule has 57 heavy (non-hydrogen) atoms. The molecule has 0 spiro atoms. The van der Waals surface area contributed by atoms with Gasteiger partial charge in [-0.05, 0) is 0 Å². The van der Waals surface area contributed by atoms with Gasteiger partial charge < -0.3 is 29.9 Å². The van der Waals surface area contributed by atoms with Gasteiger partial charge in [0.05, 0.1) is 45.6 Å². The normalized spacial score (nSPS) is 12.1. The predicted octanol–water partition coefficient (Wildman–Crippen LogP) is 8.35. The van der Waals surface area contributed by atoms with Gasteiger partial charge in [-0.3, -0.25) is 0 Å². The molecule has 3 aromatic heterocycles. The number of aromatic nitrogens is 8. The zero-order chi connectivity index (χ0) is 40.1. The van der Waals surface area contributed by atoms with Crippen molar-refractivity contribution < 1.29 is 91.3 Å². The molecule has 8 bridgehead atoms. The SMILES string of the molecule is Fc1c(F)c(F)c2c(c1F)-c1nc-2nc2[n-]c(nc3nc(nc4[n-]c(n1)c1c(F)c(F)c(F)c(F)c41)-c1c(F)c(F)c(F)c(F)c1-3)c1c(F)c(F)c(F)c(F)c21.[Pt+2]. The standard InChI is InChI=1S/C32F16N8.Pt/c33-9-1-2(10(34)18(42)17(9)41)26-49-25(1)53-27-3-4(12(36)20(44)19(43)11(3)35)29(50-27)55-31-7-8(16(40)24(48)23(47)15(7)39)32(52-31)56-30-6-5(28(51-30)54-26)13(37)21(45)22(46)14(6)38;/q-2;+2. The number of rotatable bonds is 0. The maximum absolute atomic E-state index is 15.4. The molecule has 7 aromatic rings. The monoisotopic (exact) mass is 995 g/mol. The summed E-state index contributed by atoms with van der Waals surface area (Å²) < 4.78 is 240. The fourth-order valence-corrected chi connectivity index (χ4v) is 6.10. The summed E-state index contributed by atoms with van der Waals surface area (Å²) in [6.07, 6.45) is 0. The van der Waals surface area contributed by atoms with Crippen LogP contribution in [0.5, 0.6) is 0 Å². The van der Waals surface area contributed by atoms with E-state index < -0.39 is 183 Å². The molecule has 2 aliphatic rings. The minimum Gasteiger partial charge on any atom is -0.357 e. The maximum Gasteiger partial charge on any atom is 2.00 e. The van der Waals surface area contributed by atoms with E-state index in [1.807, 2.05) is 0 Å². The van der Waals surface area contributed by atoms with Crippen LogP contribution in [0.15, 0.2) is 0 Å². The van der Waals surface area contributed by atoms with Crippen LogP contribution >= 0.6 is 0 Å². The first-order chi connectivity index (χ1) is 26.4. The molecular weight excluding hydrogens is 995 g/mol. The van der Waals surface area contributed by atoms with Crippen molar-refractivity contribution >= 4 is 44.1 Å². The molecule has 4 aromatic carbocycles. The molecule has 25 heteroatoms. The molecule has 9 rings (SSSR count). The van der Waals surface area contributed by atoms with E-state index in [0.717, 1.165) is 0 Å². The summed E-state index contributed by atoms with van der Waals surface area (Å²) in [5.74, 6) is -44.8. The first-order valence-electron chi connectivity index (χ1n) is 14.6. The molecular formula is C32F16N8Pt. The average Bonchev–Trinajstić information content (AvgIpc) is 3.92. The number of benzene rings is 4. The van der Waals surface area contributed by atoms with Crippen molar-refractivity contribution in [1.82, 2.24) is 39.9 Å². The van der Waals surface area contributed by atoms with Gasteiger partial charge in [-0.2, -0.15) is 0 Å². The summed E-state index contributed by atoms with van der Waals surface area (Å²) in [5.41, 5.74) is -11.8. The summed E-state index contributed by atoms with van der Waals surface area (Å²) in [5, 5.41) is -6.07. The molecule has 0 amide bonds. The first kappa shape index (κ1) is 37.7. The second-order valence-electron chi connectivity index (χ2n) is 11.5. The van der Waals surface area contributed by atoms with Crippen LogP contribution in [0.4, 0.5) is 70.2 Å².